The highest BCUT2D eigenvalue weighted by atomic mass is 79.9. The second-order valence-electron chi connectivity index (χ2n) is 6.88. The molecule has 2 aromatic carbocycles. The zero-order valence-electron chi connectivity index (χ0n) is 17.1. The van der Waals surface area contributed by atoms with Crippen LogP contribution in [0.15, 0.2) is 40.9 Å². The maximum absolute atomic E-state index is 13.2. The molecule has 0 aromatic heterocycles. The van der Waals surface area contributed by atoms with Gasteiger partial charge in [0.05, 0.1) is 0 Å². The van der Waals surface area contributed by atoms with Crippen molar-refractivity contribution in [1.82, 2.24) is 10.2 Å². The van der Waals surface area contributed by atoms with Gasteiger partial charge in [-0.15, -0.1) is 0 Å². The van der Waals surface area contributed by atoms with Crippen molar-refractivity contribution in [2.45, 2.75) is 40.3 Å². The van der Waals surface area contributed by atoms with E-state index < -0.39 is 6.04 Å². The molecule has 0 heterocycles. The largest absolute Gasteiger partial charge is 0.484 e. The van der Waals surface area contributed by atoms with Gasteiger partial charge in [-0.3, -0.25) is 9.59 Å². The lowest BCUT2D eigenvalue weighted by Crippen LogP contribution is -2.49. The van der Waals surface area contributed by atoms with Crippen molar-refractivity contribution >= 4 is 27.7 Å². The van der Waals surface area contributed by atoms with Crippen molar-refractivity contribution in [2.24, 2.45) is 0 Å². The topological polar surface area (TPSA) is 58.6 Å². The Kier molecular flexibility index (Phi) is 8.20. The van der Waals surface area contributed by atoms with E-state index in [9.17, 15) is 14.0 Å². The first-order valence-electron chi connectivity index (χ1n) is 9.44. The summed E-state index contributed by atoms with van der Waals surface area (Å²) in [6, 6.07) is 8.87. The van der Waals surface area contributed by atoms with E-state index in [1.807, 2.05) is 32.9 Å². The number of likely N-dealkylation sites (N-methyl/N-ethyl adjacent to an activating group) is 1. The van der Waals surface area contributed by atoms with Gasteiger partial charge in [0.15, 0.2) is 6.61 Å². The minimum absolute atomic E-state index is 0.180. The van der Waals surface area contributed by atoms with Crippen molar-refractivity contribution < 1.29 is 18.7 Å². The van der Waals surface area contributed by atoms with Gasteiger partial charge in [0.2, 0.25) is 5.91 Å². The van der Waals surface area contributed by atoms with Crippen LogP contribution >= 0.6 is 15.9 Å². The molecule has 0 spiro atoms. The molecule has 5 nitrogen and oxygen atoms in total. The van der Waals surface area contributed by atoms with Crippen LogP contribution in [0.4, 0.5) is 4.39 Å². The number of hydrogen-bond donors (Lipinski definition) is 1. The number of amides is 2. The number of ether oxygens (including phenoxy) is 1. The highest BCUT2D eigenvalue weighted by molar-refractivity contribution is 9.10. The van der Waals surface area contributed by atoms with E-state index in [0.717, 1.165) is 21.2 Å². The lowest BCUT2D eigenvalue weighted by molar-refractivity contribution is -0.142. The number of carbonyl (C=O) groups excluding carboxylic acids is 2. The number of nitrogens with one attached hydrogen (secondary N) is 1. The first kappa shape index (κ1) is 22.9. The number of benzene rings is 2. The lowest BCUT2D eigenvalue weighted by atomic mass is 10.1. The molecule has 1 atom stereocenters. The molecule has 2 amide bonds. The molecule has 7 heteroatoms. The average molecular weight is 465 g/mol. The molecule has 29 heavy (non-hydrogen) atoms. The summed E-state index contributed by atoms with van der Waals surface area (Å²) in [6.07, 6.45) is 0. The van der Waals surface area contributed by atoms with E-state index in [2.05, 4.69) is 21.2 Å². The van der Waals surface area contributed by atoms with E-state index in [-0.39, 0.29) is 30.8 Å². The van der Waals surface area contributed by atoms with Crippen molar-refractivity contribution in [2.75, 3.05) is 13.2 Å². The third kappa shape index (κ3) is 6.29. The Balaban J connectivity index is 2.16. The Morgan fingerprint density at radius 1 is 1.17 bits per heavy atom. The fraction of sp³-hybridized carbons (Fsp3) is 0.364. The maximum Gasteiger partial charge on any atom is 0.261 e. The highest BCUT2D eigenvalue weighted by Crippen LogP contribution is 2.26. The van der Waals surface area contributed by atoms with Crippen LogP contribution in [0.3, 0.4) is 0 Å². The third-order valence-corrected chi connectivity index (χ3v) is 5.81. The first-order valence-corrected chi connectivity index (χ1v) is 10.2. The quantitative estimate of drug-likeness (QED) is 0.638. The molecule has 2 aromatic rings. The SMILES string of the molecule is CCNC(=O)C(C)N(Cc1ccc(F)cc1)C(=O)COc1cc(C)c(Br)c(C)c1. The van der Waals surface area contributed by atoms with Gasteiger partial charge < -0.3 is 15.0 Å². The molecular weight excluding hydrogens is 439 g/mol. The van der Waals surface area contributed by atoms with Crippen molar-refractivity contribution in [1.29, 1.82) is 0 Å². The average Bonchev–Trinajstić information content (AvgIpc) is 2.69. The maximum atomic E-state index is 13.2. The fourth-order valence-corrected chi connectivity index (χ4v) is 3.14. The van der Waals surface area contributed by atoms with Gasteiger partial charge in [0.25, 0.3) is 5.91 Å². The third-order valence-electron chi connectivity index (χ3n) is 4.56. The molecule has 0 aliphatic rings. The predicted molar refractivity (Wildman–Crippen MR) is 114 cm³/mol. The van der Waals surface area contributed by atoms with Crippen LogP contribution in [-0.2, 0) is 16.1 Å². The number of hydrogen-bond acceptors (Lipinski definition) is 3. The minimum atomic E-state index is -0.690. The summed E-state index contributed by atoms with van der Waals surface area (Å²) in [6.45, 7) is 7.83. The zero-order valence-corrected chi connectivity index (χ0v) is 18.7. The van der Waals surface area contributed by atoms with Gasteiger partial charge in [-0.2, -0.15) is 0 Å². The number of aryl methyl sites for hydroxylation is 2. The van der Waals surface area contributed by atoms with Crippen LogP contribution in [0, 0.1) is 19.7 Å². The monoisotopic (exact) mass is 464 g/mol. The molecule has 0 saturated carbocycles. The molecule has 156 valence electrons. The van der Waals surface area contributed by atoms with Gasteiger partial charge in [0, 0.05) is 17.6 Å². The van der Waals surface area contributed by atoms with Gasteiger partial charge in [-0.05, 0) is 68.7 Å². The van der Waals surface area contributed by atoms with Crippen LogP contribution in [0.5, 0.6) is 5.75 Å². The first-order chi connectivity index (χ1) is 13.7. The Labute approximate surface area is 179 Å². The van der Waals surface area contributed by atoms with Crippen molar-refractivity contribution in [3.8, 4) is 5.75 Å². The van der Waals surface area contributed by atoms with Gasteiger partial charge in [-0.25, -0.2) is 4.39 Å². The molecule has 1 unspecified atom stereocenters. The lowest BCUT2D eigenvalue weighted by Gasteiger charge is -2.28. The summed E-state index contributed by atoms with van der Waals surface area (Å²) >= 11 is 3.51. The molecule has 0 saturated heterocycles. The number of carbonyl (C=O) groups is 2. The number of nitrogens with zero attached hydrogens (tertiary/aromatic N) is 1. The van der Waals surface area contributed by atoms with Crippen LogP contribution < -0.4 is 10.1 Å². The summed E-state index contributed by atoms with van der Waals surface area (Å²) in [5.41, 5.74) is 2.74. The highest BCUT2D eigenvalue weighted by Gasteiger charge is 2.26. The Hall–Kier alpha value is -2.41. The molecule has 0 bridgehead atoms. The molecule has 0 aliphatic heterocycles. The second kappa shape index (κ2) is 10.4. The molecule has 0 fully saturated rings. The smallest absolute Gasteiger partial charge is 0.261 e. The zero-order chi connectivity index (χ0) is 21.6. The summed E-state index contributed by atoms with van der Waals surface area (Å²) < 4.78 is 19.9. The minimum Gasteiger partial charge on any atom is -0.484 e. The van der Waals surface area contributed by atoms with E-state index in [4.69, 9.17) is 4.74 Å². The summed E-state index contributed by atoms with van der Waals surface area (Å²) in [5, 5.41) is 2.73. The van der Waals surface area contributed by atoms with Crippen LogP contribution in [0.25, 0.3) is 0 Å². The van der Waals surface area contributed by atoms with E-state index in [1.54, 1.807) is 19.1 Å². The van der Waals surface area contributed by atoms with Crippen molar-refractivity contribution in [3.63, 3.8) is 0 Å². The fourth-order valence-electron chi connectivity index (χ4n) is 2.91. The molecule has 1 N–H and O–H groups in total. The Bertz CT molecular complexity index is 848. The standard InChI is InChI=1S/C22H26BrFN2O3/c1-5-25-22(28)16(4)26(12-17-6-8-18(24)9-7-17)20(27)13-29-19-10-14(2)21(23)15(3)11-19/h6-11,16H,5,12-13H2,1-4H3,(H,25,28). The van der Waals surface area contributed by atoms with Crippen LogP contribution in [0.2, 0.25) is 0 Å². The molecule has 2 rings (SSSR count). The molecular formula is C22H26BrFN2O3. The Morgan fingerprint density at radius 3 is 2.31 bits per heavy atom. The molecule has 0 radical (unpaired) electrons. The Morgan fingerprint density at radius 2 is 1.76 bits per heavy atom. The number of rotatable bonds is 8. The van der Waals surface area contributed by atoms with Crippen LogP contribution in [-0.4, -0.2) is 35.9 Å². The van der Waals surface area contributed by atoms with E-state index >= 15 is 0 Å². The van der Waals surface area contributed by atoms with E-state index in [0.29, 0.717) is 12.3 Å². The van der Waals surface area contributed by atoms with Gasteiger partial charge >= 0.3 is 0 Å². The summed E-state index contributed by atoms with van der Waals surface area (Å²) in [7, 11) is 0. The normalized spacial score (nSPS) is 11.7. The van der Waals surface area contributed by atoms with Gasteiger partial charge in [0.1, 0.15) is 17.6 Å². The summed E-state index contributed by atoms with van der Waals surface area (Å²) in [5.74, 6) is -0.346. The number of halogens is 2. The second-order valence-corrected chi connectivity index (χ2v) is 7.67. The van der Waals surface area contributed by atoms with Crippen LogP contribution in [0.1, 0.15) is 30.5 Å². The van der Waals surface area contributed by atoms with E-state index in [1.165, 1.54) is 17.0 Å². The van der Waals surface area contributed by atoms with Gasteiger partial charge in [-0.1, -0.05) is 28.1 Å². The summed E-state index contributed by atoms with van der Waals surface area (Å²) in [4.78, 5) is 26.7. The predicted octanol–water partition coefficient (Wildman–Crippen LogP) is 4.14. The molecule has 0 aliphatic carbocycles. The van der Waals surface area contributed by atoms with Crippen molar-refractivity contribution in [3.05, 3.63) is 63.4 Å².